The van der Waals surface area contributed by atoms with Gasteiger partial charge in [-0.1, -0.05) is 18.2 Å². The number of thiophene rings is 1. The molecule has 4 rings (SSSR count). The molecule has 0 amide bonds. The summed E-state index contributed by atoms with van der Waals surface area (Å²) in [6, 6.07) is 15.8. The third kappa shape index (κ3) is 5.90. The molecule has 0 saturated heterocycles. The summed E-state index contributed by atoms with van der Waals surface area (Å²) < 4.78 is 36.3. The predicted molar refractivity (Wildman–Crippen MR) is 141 cm³/mol. The molecule has 0 aliphatic carbocycles. The number of benzene rings is 2. The van der Waals surface area contributed by atoms with Crippen LogP contribution in [0.3, 0.4) is 0 Å². The molecule has 2 N–H and O–H groups in total. The van der Waals surface area contributed by atoms with Crippen LogP contribution in [0.4, 0.5) is 5.82 Å². The van der Waals surface area contributed by atoms with Gasteiger partial charge < -0.3 is 14.8 Å². The van der Waals surface area contributed by atoms with E-state index in [0.717, 1.165) is 43.9 Å². The minimum Gasteiger partial charge on any atom is -0.493 e. The van der Waals surface area contributed by atoms with Gasteiger partial charge in [0.05, 0.1) is 32.0 Å². The maximum atomic E-state index is 11.4. The Bertz CT molecular complexity index is 1470. The molecule has 0 aliphatic rings. The highest BCUT2D eigenvalue weighted by Gasteiger charge is 2.16. The van der Waals surface area contributed by atoms with Gasteiger partial charge in [0.25, 0.3) is 0 Å². The second-order valence-electron chi connectivity index (χ2n) is 8.21. The number of rotatable bonds is 9. The van der Waals surface area contributed by atoms with Gasteiger partial charge in [-0.3, -0.25) is 0 Å². The standard InChI is InChI=1S/C25H28N4O4S2/c1-15(27-25-19-12-21(32-3)22(33-4)13-20(19)28-16(2)29-25)23-9-10-24(34-23)18-8-6-7-17(11-18)14-26-35(5,30)31/h6-13,15,26H,14H2,1-5H3,(H,27,28,29). The van der Waals surface area contributed by atoms with Gasteiger partial charge in [-0.25, -0.2) is 23.1 Å². The van der Waals surface area contributed by atoms with Crippen LogP contribution in [0, 0.1) is 6.92 Å². The average molecular weight is 513 g/mol. The number of hydrogen-bond donors (Lipinski definition) is 2. The Kier molecular flexibility index (Phi) is 7.25. The van der Waals surface area contributed by atoms with Crippen molar-refractivity contribution in [2.75, 3.05) is 25.8 Å². The summed E-state index contributed by atoms with van der Waals surface area (Å²) >= 11 is 1.68. The van der Waals surface area contributed by atoms with Gasteiger partial charge in [-0.15, -0.1) is 11.3 Å². The number of nitrogens with zero attached hydrogens (tertiary/aromatic N) is 2. The quantitative estimate of drug-likeness (QED) is 0.329. The number of hydrogen-bond acceptors (Lipinski definition) is 8. The topological polar surface area (TPSA) is 102 Å². The first kappa shape index (κ1) is 24.9. The van der Waals surface area contributed by atoms with Gasteiger partial charge in [0.1, 0.15) is 11.6 Å². The van der Waals surface area contributed by atoms with Crippen LogP contribution in [-0.4, -0.2) is 38.9 Å². The van der Waals surface area contributed by atoms with Crippen molar-refractivity contribution in [2.24, 2.45) is 0 Å². The monoisotopic (exact) mass is 512 g/mol. The Morgan fingerprint density at radius 2 is 1.77 bits per heavy atom. The van der Waals surface area contributed by atoms with Crippen LogP contribution < -0.4 is 19.5 Å². The second kappa shape index (κ2) is 10.2. The van der Waals surface area contributed by atoms with Gasteiger partial charge in [0.2, 0.25) is 10.0 Å². The van der Waals surface area contributed by atoms with Crippen LogP contribution in [0.25, 0.3) is 21.3 Å². The van der Waals surface area contributed by atoms with E-state index in [9.17, 15) is 8.42 Å². The van der Waals surface area contributed by atoms with Crippen molar-refractivity contribution in [3.63, 3.8) is 0 Å². The van der Waals surface area contributed by atoms with Crippen molar-refractivity contribution in [3.8, 4) is 21.9 Å². The zero-order valence-corrected chi connectivity index (χ0v) is 21.9. The number of aryl methyl sites for hydroxylation is 1. The molecule has 2 aromatic carbocycles. The van der Waals surface area contributed by atoms with E-state index in [1.165, 1.54) is 0 Å². The molecule has 10 heteroatoms. The largest absolute Gasteiger partial charge is 0.493 e. The maximum Gasteiger partial charge on any atom is 0.209 e. The molecule has 2 aromatic heterocycles. The molecule has 0 fully saturated rings. The Morgan fingerprint density at radius 3 is 2.49 bits per heavy atom. The van der Waals surface area contributed by atoms with E-state index in [-0.39, 0.29) is 12.6 Å². The van der Waals surface area contributed by atoms with E-state index in [1.807, 2.05) is 43.3 Å². The summed E-state index contributed by atoms with van der Waals surface area (Å²) in [4.78, 5) is 11.4. The van der Waals surface area contributed by atoms with E-state index in [1.54, 1.807) is 25.6 Å². The molecule has 8 nitrogen and oxygen atoms in total. The molecule has 0 spiro atoms. The van der Waals surface area contributed by atoms with E-state index in [0.29, 0.717) is 17.3 Å². The lowest BCUT2D eigenvalue weighted by Gasteiger charge is -2.16. The highest BCUT2D eigenvalue weighted by Crippen LogP contribution is 2.37. The molecule has 0 radical (unpaired) electrons. The maximum absolute atomic E-state index is 11.4. The van der Waals surface area contributed by atoms with E-state index >= 15 is 0 Å². The van der Waals surface area contributed by atoms with Crippen LogP contribution >= 0.6 is 11.3 Å². The Labute approximate surface area is 209 Å². The van der Waals surface area contributed by atoms with Crippen molar-refractivity contribution < 1.29 is 17.9 Å². The van der Waals surface area contributed by atoms with Crippen molar-refractivity contribution in [3.05, 3.63) is 64.8 Å². The Hall–Kier alpha value is -3.21. The zero-order chi connectivity index (χ0) is 25.2. The highest BCUT2D eigenvalue weighted by atomic mass is 32.2. The summed E-state index contributed by atoms with van der Waals surface area (Å²) in [5.41, 5.74) is 2.72. The number of methoxy groups -OCH3 is 2. The number of aromatic nitrogens is 2. The lowest BCUT2D eigenvalue weighted by molar-refractivity contribution is 0.356. The summed E-state index contributed by atoms with van der Waals surface area (Å²) in [6.07, 6.45) is 1.16. The number of fused-ring (bicyclic) bond motifs is 1. The Morgan fingerprint density at radius 1 is 1.03 bits per heavy atom. The number of anilines is 1. The van der Waals surface area contributed by atoms with Crippen LogP contribution in [0.2, 0.25) is 0 Å². The molecule has 1 unspecified atom stereocenters. The number of nitrogens with one attached hydrogen (secondary N) is 2. The van der Waals surface area contributed by atoms with Crippen LogP contribution in [0.1, 0.15) is 29.2 Å². The van der Waals surface area contributed by atoms with E-state index in [4.69, 9.17) is 9.47 Å². The summed E-state index contributed by atoms with van der Waals surface area (Å²) in [5, 5.41) is 4.38. The zero-order valence-electron chi connectivity index (χ0n) is 20.2. The molecule has 184 valence electrons. The summed E-state index contributed by atoms with van der Waals surface area (Å²) in [6.45, 7) is 4.21. The molecule has 35 heavy (non-hydrogen) atoms. The molecule has 0 bridgehead atoms. The molecular formula is C25H28N4O4S2. The minimum absolute atomic E-state index is 0.00516. The number of ether oxygens (including phenoxy) is 2. The first-order chi connectivity index (χ1) is 16.7. The fourth-order valence-electron chi connectivity index (χ4n) is 3.75. The van der Waals surface area contributed by atoms with Crippen LogP contribution in [0.5, 0.6) is 11.5 Å². The minimum atomic E-state index is -3.24. The summed E-state index contributed by atoms with van der Waals surface area (Å²) in [7, 11) is -0.0374. The average Bonchev–Trinajstić information content (AvgIpc) is 3.32. The lowest BCUT2D eigenvalue weighted by atomic mass is 10.1. The Balaban J connectivity index is 1.59. The predicted octanol–water partition coefficient (Wildman–Crippen LogP) is 4.91. The summed E-state index contributed by atoms with van der Waals surface area (Å²) in [5.74, 6) is 2.62. The van der Waals surface area contributed by atoms with E-state index < -0.39 is 10.0 Å². The normalized spacial score (nSPS) is 12.5. The van der Waals surface area contributed by atoms with Crippen molar-refractivity contribution in [2.45, 2.75) is 26.4 Å². The van der Waals surface area contributed by atoms with Crippen molar-refractivity contribution >= 4 is 38.1 Å². The van der Waals surface area contributed by atoms with Crippen molar-refractivity contribution in [1.29, 1.82) is 0 Å². The fourth-order valence-corrected chi connectivity index (χ4v) is 5.18. The highest BCUT2D eigenvalue weighted by molar-refractivity contribution is 7.88. The molecular weight excluding hydrogens is 484 g/mol. The smallest absolute Gasteiger partial charge is 0.209 e. The molecule has 4 aromatic rings. The number of sulfonamides is 1. The second-order valence-corrected chi connectivity index (χ2v) is 11.2. The van der Waals surface area contributed by atoms with Crippen LogP contribution in [0.15, 0.2) is 48.5 Å². The lowest BCUT2D eigenvalue weighted by Crippen LogP contribution is -2.21. The first-order valence-electron chi connectivity index (χ1n) is 11.0. The molecule has 2 heterocycles. The fraction of sp³-hybridized carbons (Fsp3) is 0.280. The van der Waals surface area contributed by atoms with E-state index in [2.05, 4.69) is 39.1 Å². The van der Waals surface area contributed by atoms with Crippen LogP contribution in [-0.2, 0) is 16.6 Å². The third-order valence-electron chi connectivity index (χ3n) is 5.47. The van der Waals surface area contributed by atoms with Gasteiger partial charge >= 0.3 is 0 Å². The van der Waals surface area contributed by atoms with Gasteiger partial charge in [0, 0.05) is 27.8 Å². The molecule has 1 atom stereocenters. The molecule has 0 aliphatic heterocycles. The van der Waals surface area contributed by atoms with Gasteiger partial charge in [-0.2, -0.15) is 0 Å². The van der Waals surface area contributed by atoms with Gasteiger partial charge in [-0.05, 0) is 49.2 Å². The van der Waals surface area contributed by atoms with Crippen molar-refractivity contribution in [1.82, 2.24) is 14.7 Å². The molecule has 0 saturated carbocycles. The first-order valence-corrected chi connectivity index (χ1v) is 13.7. The SMILES string of the molecule is COc1cc2nc(C)nc(NC(C)c3ccc(-c4cccc(CNS(C)(=O)=O)c4)s3)c2cc1OC. The van der Waals surface area contributed by atoms with Gasteiger partial charge in [0.15, 0.2) is 11.5 Å². The third-order valence-corrected chi connectivity index (χ3v) is 7.46.